The topological polar surface area (TPSA) is 124 Å². The number of hydrogen-bond donors (Lipinski definition) is 1. The number of cyclic esters (lactones) is 1. The number of benzene rings is 1. The van der Waals surface area contributed by atoms with Gasteiger partial charge in [0.15, 0.2) is 17.3 Å². The molecule has 0 amide bonds. The minimum atomic E-state index is -0.862. The number of allylic oxidation sites excluding steroid dienone is 2. The Bertz CT molecular complexity index is 1500. The zero-order chi connectivity index (χ0) is 30.5. The van der Waals surface area contributed by atoms with Crippen LogP contribution in [0.5, 0.6) is 17.2 Å². The van der Waals surface area contributed by atoms with Crippen LogP contribution in [0.1, 0.15) is 55.2 Å². The van der Waals surface area contributed by atoms with Crippen molar-refractivity contribution < 1.29 is 43.2 Å². The number of ketones is 1. The van der Waals surface area contributed by atoms with Gasteiger partial charge in [0.2, 0.25) is 12.6 Å². The molecule has 0 spiro atoms. The van der Waals surface area contributed by atoms with Crippen LogP contribution < -0.4 is 14.2 Å². The number of thioether (sulfide) groups is 1. The number of ether oxygens (including phenoxy) is 5. The van der Waals surface area contributed by atoms with Gasteiger partial charge in [-0.25, -0.2) is 4.79 Å². The third-order valence-corrected chi connectivity index (χ3v) is 11.5. The van der Waals surface area contributed by atoms with Crippen LogP contribution in [0, 0.1) is 18.8 Å². The van der Waals surface area contributed by atoms with Crippen molar-refractivity contribution >= 4 is 29.5 Å². The molecule has 3 fully saturated rings. The smallest absolute Gasteiger partial charge is 0.375 e. The van der Waals surface area contributed by atoms with Crippen molar-refractivity contribution in [3.63, 3.8) is 0 Å². The third kappa shape index (κ3) is 3.98. The summed E-state index contributed by atoms with van der Waals surface area (Å²) in [6, 6.07) is -0.860. The standard InChI is InChI=1S/C31H36N2O9S/c1-12-7-16-8-17-14(3)33-18-9-39-31(37)19(35)10-43-30(24(33)23(32(17)5)20(16)25(36)26(12)38-6)22-21(18)29-28(40-11-41-29)13(2)27(22)42-15(4)34/h7,14,16-18,20,23-24,30,36H,8-11H2,1-6H3/t14-,16?,17-,18-,20?,23+,24+,30+/m0/s1. The summed E-state index contributed by atoms with van der Waals surface area (Å²) in [5.41, 5.74) is 3.06. The second kappa shape index (κ2) is 10.2. The molecule has 0 aromatic heterocycles. The molecular weight excluding hydrogens is 576 g/mol. The Kier molecular flexibility index (Phi) is 6.75. The SMILES string of the molecule is COC1=C(O)C2C(C=C1C)C[C@H]1[C@H](C)N3[C@@H]([C@@H]4SCC(=O)C(=O)OC[C@H]3c3c5c(c(C)c(OC(C)=O)c34)OCO5)[C@@H]2N1C. The van der Waals surface area contributed by atoms with E-state index in [1.54, 1.807) is 7.11 Å². The van der Waals surface area contributed by atoms with Crippen molar-refractivity contribution in [3.05, 3.63) is 39.9 Å². The molecule has 12 heteroatoms. The van der Waals surface area contributed by atoms with Gasteiger partial charge in [0.1, 0.15) is 18.1 Å². The van der Waals surface area contributed by atoms with Crippen LogP contribution in [-0.2, 0) is 23.9 Å². The van der Waals surface area contributed by atoms with E-state index in [2.05, 4.69) is 29.8 Å². The zero-order valence-electron chi connectivity index (χ0n) is 25.0. The number of rotatable bonds is 2. The van der Waals surface area contributed by atoms with Gasteiger partial charge in [-0.1, -0.05) is 6.08 Å². The number of Topliss-reactive ketones (excluding diaryl/α,β-unsaturated/α-hetero) is 1. The molecule has 7 rings (SSSR count). The molecule has 5 aliphatic heterocycles. The summed E-state index contributed by atoms with van der Waals surface area (Å²) in [7, 11) is 3.67. The summed E-state index contributed by atoms with van der Waals surface area (Å²) in [5.74, 6) is -0.122. The Labute approximate surface area is 254 Å². The number of methoxy groups -OCH3 is 1. The molecular formula is C31H36N2O9S. The molecule has 4 bridgehead atoms. The van der Waals surface area contributed by atoms with Gasteiger partial charge in [-0.3, -0.25) is 19.4 Å². The van der Waals surface area contributed by atoms with E-state index in [9.17, 15) is 19.5 Å². The molecule has 1 aliphatic carbocycles. The van der Waals surface area contributed by atoms with E-state index in [4.69, 9.17) is 23.7 Å². The van der Waals surface area contributed by atoms with Crippen LogP contribution in [0.2, 0.25) is 0 Å². The molecule has 43 heavy (non-hydrogen) atoms. The lowest BCUT2D eigenvalue weighted by Gasteiger charge is -2.65. The summed E-state index contributed by atoms with van der Waals surface area (Å²) in [6.45, 7) is 7.27. The van der Waals surface area contributed by atoms with Crippen molar-refractivity contribution in [3.8, 4) is 17.2 Å². The molecule has 1 aromatic rings. The molecule has 11 nitrogen and oxygen atoms in total. The summed E-state index contributed by atoms with van der Waals surface area (Å²) in [5, 5.41) is 11.3. The van der Waals surface area contributed by atoms with Gasteiger partial charge in [-0.15, -0.1) is 11.8 Å². The highest BCUT2D eigenvalue weighted by atomic mass is 32.2. The fourth-order valence-electron chi connectivity index (χ4n) is 8.66. The number of piperazine rings is 1. The summed E-state index contributed by atoms with van der Waals surface area (Å²) < 4.78 is 29.3. The number of hydrogen-bond acceptors (Lipinski definition) is 12. The fourth-order valence-corrected chi connectivity index (χ4v) is 10.0. The maximum atomic E-state index is 12.9. The Balaban J connectivity index is 1.51. The molecule has 6 aliphatic rings. The molecule has 1 N–H and O–H groups in total. The first-order valence-corrected chi connectivity index (χ1v) is 15.7. The lowest BCUT2D eigenvalue weighted by Crippen LogP contribution is -2.74. The molecule has 0 saturated carbocycles. The number of likely N-dealkylation sites (N-methyl/N-ethyl adjacent to an activating group) is 1. The number of nitrogens with zero attached hydrogens (tertiary/aromatic N) is 2. The maximum Gasteiger partial charge on any atom is 0.375 e. The lowest BCUT2D eigenvalue weighted by atomic mass is 9.64. The van der Waals surface area contributed by atoms with Crippen LogP contribution in [0.3, 0.4) is 0 Å². The van der Waals surface area contributed by atoms with Crippen LogP contribution >= 0.6 is 11.8 Å². The molecule has 2 unspecified atom stereocenters. The largest absolute Gasteiger partial charge is 0.508 e. The van der Waals surface area contributed by atoms with Gasteiger partial charge in [0.05, 0.1) is 24.2 Å². The first kappa shape index (κ1) is 28.5. The van der Waals surface area contributed by atoms with Crippen molar-refractivity contribution in [2.24, 2.45) is 11.8 Å². The van der Waals surface area contributed by atoms with Gasteiger partial charge in [0.25, 0.3) is 0 Å². The second-order valence-corrected chi connectivity index (χ2v) is 13.4. The highest BCUT2D eigenvalue weighted by Crippen LogP contribution is 2.62. The minimum absolute atomic E-state index is 0.00220. The first-order valence-electron chi connectivity index (χ1n) is 14.7. The predicted octanol–water partition coefficient (Wildman–Crippen LogP) is 3.36. The van der Waals surface area contributed by atoms with E-state index in [1.807, 2.05) is 13.8 Å². The highest BCUT2D eigenvalue weighted by Gasteiger charge is 2.62. The van der Waals surface area contributed by atoms with Crippen LogP contribution in [0.15, 0.2) is 23.2 Å². The fraction of sp³-hybridized carbons (Fsp3) is 0.581. The molecule has 8 atom stereocenters. The zero-order valence-corrected chi connectivity index (χ0v) is 25.9. The number of aliphatic hydroxyl groups excluding tert-OH is 1. The maximum absolute atomic E-state index is 12.9. The number of carbonyl (C=O) groups is 3. The molecule has 1 aromatic carbocycles. The van der Waals surface area contributed by atoms with Crippen molar-refractivity contribution in [1.82, 2.24) is 9.80 Å². The van der Waals surface area contributed by atoms with E-state index in [0.717, 1.165) is 23.1 Å². The van der Waals surface area contributed by atoms with Crippen LogP contribution in [0.4, 0.5) is 0 Å². The normalized spacial score (nSPS) is 35.0. The number of esters is 2. The number of piperidine rings is 1. The average Bonchev–Trinajstić information content (AvgIpc) is 3.45. The highest BCUT2D eigenvalue weighted by molar-refractivity contribution is 8.00. The Morgan fingerprint density at radius 1 is 1.12 bits per heavy atom. The van der Waals surface area contributed by atoms with Gasteiger partial charge in [0, 0.05) is 53.7 Å². The van der Waals surface area contributed by atoms with Gasteiger partial charge in [-0.05, 0) is 45.7 Å². The van der Waals surface area contributed by atoms with E-state index in [1.165, 1.54) is 18.7 Å². The Morgan fingerprint density at radius 2 is 1.86 bits per heavy atom. The molecule has 230 valence electrons. The monoisotopic (exact) mass is 612 g/mol. The lowest BCUT2D eigenvalue weighted by molar-refractivity contribution is -0.161. The Morgan fingerprint density at radius 3 is 2.58 bits per heavy atom. The van der Waals surface area contributed by atoms with Crippen molar-refractivity contribution in [2.75, 3.05) is 33.3 Å². The number of aliphatic hydroxyl groups is 1. The van der Waals surface area contributed by atoms with Crippen LogP contribution in [-0.4, -0.2) is 90.1 Å². The van der Waals surface area contributed by atoms with E-state index < -0.39 is 29.0 Å². The second-order valence-electron chi connectivity index (χ2n) is 12.3. The van der Waals surface area contributed by atoms with Gasteiger partial charge >= 0.3 is 11.9 Å². The quantitative estimate of drug-likeness (QED) is 0.299. The van der Waals surface area contributed by atoms with Gasteiger partial charge < -0.3 is 28.8 Å². The van der Waals surface area contributed by atoms with Gasteiger partial charge in [-0.2, -0.15) is 0 Å². The molecule has 3 saturated heterocycles. The molecule has 0 radical (unpaired) electrons. The predicted molar refractivity (Wildman–Crippen MR) is 155 cm³/mol. The number of fused-ring (bicyclic) bond motifs is 9. The van der Waals surface area contributed by atoms with E-state index >= 15 is 0 Å². The Hall–Kier alpha value is -3.22. The van der Waals surface area contributed by atoms with E-state index in [0.29, 0.717) is 28.6 Å². The van der Waals surface area contributed by atoms with Crippen LogP contribution in [0.25, 0.3) is 0 Å². The van der Waals surface area contributed by atoms with Crippen molar-refractivity contribution in [1.29, 1.82) is 0 Å². The third-order valence-electron chi connectivity index (χ3n) is 10.2. The number of carbonyl (C=O) groups excluding carboxylic acids is 3. The first-order chi connectivity index (χ1) is 20.5. The minimum Gasteiger partial charge on any atom is -0.508 e. The van der Waals surface area contributed by atoms with Crippen molar-refractivity contribution in [2.45, 2.75) is 69.6 Å². The van der Waals surface area contributed by atoms with E-state index in [-0.39, 0.29) is 60.9 Å². The summed E-state index contributed by atoms with van der Waals surface area (Å²) in [6.07, 6.45) is 3.04. The summed E-state index contributed by atoms with van der Waals surface area (Å²) >= 11 is 1.34. The summed E-state index contributed by atoms with van der Waals surface area (Å²) in [4.78, 5) is 42.9. The average molecular weight is 613 g/mol. The molecule has 5 heterocycles.